The van der Waals surface area contributed by atoms with Crippen molar-refractivity contribution in [2.75, 3.05) is 39.0 Å². The third-order valence-corrected chi connectivity index (χ3v) is 4.23. The van der Waals surface area contributed by atoms with Gasteiger partial charge in [0.1, 0.15) is 0 Å². The molecule has 0 saturated carbocycles. The van der Waals surface area contributed by atoms with Gasteiger partial charge in [0.2, 0.25) is 11.8 Å². The van der Waals surface area contributed by atoms with Gasteiger partial charge in [-0.25, -0.2) is 0 Å². The van der Waals surface area contributed by atoms with Crippen molar-refractivity contribution >= 4 is 17.5 Å². The molecule has 2 amide bonds. The number of nitrogens with zero attached hydrogens (tertiary/aromatic N) is 2. The van der Waals surface area contributed by atoms with E-state index < -0.39 is 0 Å². The second-order valence-corrected chi connectivity index (χ2v) is 7.41. The lowest BCUT2D eigenvalue weighted by Gasteiger charge is -2.24. The van der Waals surface area contributed by atoms with Crippen molar-refractivity contribution < 1.29 is 9.59 Å². The zero-order valence-corrected chi connectivity index (χ0v) is 16.7. The number of carbonyl (C=O) groups excluding carboxylic acids is 2. The van der Waals surface area contributed by atoms with Crippen LogP contribution in [0.1, 0.15) is 57.6 Å². The molecule has 0 radical (unpaired) electrons. The molecule has 0 aliphatic rings. The van der Waals surface area contributed by atoms with E-state index in [4.69, 9.17) is 0 Å². The molecule has 5 nitrogen and oxygen atoms in total. The van der Waals surface area contributed by atoms with Gasteiger partial charge in [0.25, 0.3) is 0 Å². The number of carbonyl (C=O) groups is 2. The standard InChI is InChI=1S/C20H33N3O2/c1-14(2)17-9-8-10-18(15(3)4)20(17)21-19(25)13-23(16(5)24)12-11-22(6)7/h8-10,14-15H,11-13H2,1-7H3,(H,21,25). The third kappa shape index (κ3) is 6.50. The minimum atomic E-state index is -0.149. The molecular weight excluding hydrogens is 314 g/mol. The molecule has 0 fully saturated rings. The van der Waals surface area contributed by atoms with Crippen LogP contribution >= 0.6 is 0 Å². The third-order valence-electron chi connectivity index (χ3n) is 4.23. The van der Waals surface area contributed by atoms with Crippen molar-refractivity contribution in [2.45, 2.75) is 46.5 Å². The van der Waals surface area contributed by atoms with Crippen molar-refractivity contribution in [1.82, 2.24) is 9.80 Å². The van der Waals surface area contributed by atoms with Crippen LogP contribution in [0, 0.1) is 0 Å². The van der Waals surface area contributed by atoms with Crippen molar-refractivity contribution in [3.63, 3.8) is 0 Å². The fourth-order valence-electron chi connectivity index (χ4n) is 2.72. The Kier molecular flexibility index (Phi) is 8.10. The summed E-state index contributed by atoms with van der Waals surface area (Å²) >= 11 is 0. The van der Waals surface area contributed by atoms with Crippen LogP contribution in [0.5, 0.6) is 0 Å². The predicted molar refractivity (Wildman–Crippen MR) is 104 cm³/mol. The Bertz CT molecular complexity index is 568. The molecule has 0 atom stereocenters. The normalized spacial score (nSPS) is 11.3. The maximum atomic E-state index is 12.6. The predicted octanol–water partition coefficient (Wildman–Crippen LogP) is 3.28. The summed E-state index contributed by atoms with van der Waals surface area (Å²) < 4.78 is 0. The Morgan fingerprint density at radius 3 is 1.92 bits per heavy atom. The molecule has 0 aliphatic heterocycles. The van der Waals surface area contributed by atoms with Gasteiger partial charge < -0.3 is 15.1 Å². The average Bonchev–Trinajstić information content (AvgIpc) is 2.50. The SMILES string of the molecule is CC(=O)N(CCN(C)C)CC(=O)Nc1c(C(C)C)cccc1C(C)C. The Labute approximate surface area is 152 Å². The van der Waals surface area contributed by atoms with Crippen LogP contribution < -0.4 is 5.32 Å². The molecule has 0 spiro atoms. The molecule has 25 heavy (non-hydrogen) atoms. The van der Waals surface area contributed by atoms with Crippen LogP contribution in [0.2, 0.25) is 0 Å². The monoisotopic (exact) mass is 347 g/mol. The van der Waals surface area contributed by atoms with Gasteiger partial charge in [-0.3, -0.25) is 9.59 Å². The molecule has 5 heteroatoms. The van der Waals surface area contributed by atoms with Gasteiger partial charge >= 0.3 is 0 Å². The lowest BCUT2D eigenvalue weighted by molar-refractivity contribution is -0.132. The van der Waals surface area contributed by atoms with Gasteiger partial charge in [-0.1, -0.05) is 45.9 Å². The first-order valence-corrected chi connectivity index (χ1v) is 8.96. The summed E-state index contributed by atoms with van der Waals surface area (Å²) in [6, 6.07) is 6.15. The van der Waals surface area contributed by atoms with E-state index in [1.165, 1.54) is 6.92 Å². The van der Waals surface area contributed by atoms with Crippen LogP contribution in [0.3, 0.4) is 0 Å². The highest BCUT2D eigenvalue weighted by Gasteiger charge is 2.18. The van der Waals surface area contributed by atoms with E-state index in [2.05, 4.69) is 45.1 Å². The Morgan fingerprint density at radius 1 is 1.00 bits per heavy atom. The molecule has 1 aromatic carbocycles. The molecule has 1 rings (SSSR count). The van der Waals surface area contributed by atoms with Gasteiger partial charge in [-0.05, 0) is 37.1 Å². The number of hydrogen-bond donors (Lipinski definition) is 1. The summed E-state index contributed by atoms with van der Waals surface area (Å²) in [6.45, 7) is 11.3. The first-order chi connectivity index (χ1) is 11.6. The van der Waals surface area contributed by atoms with Gasteiger partial charge in [-0.2, -0.15) is 0 Å². The van der Waals surface area contributed by atoms with E-state index in [9.17, 15) is 9.59 Å². The number of nitrogens with one attached hydrogen (secondary N) is 1. The summed E-state index contributed by atoms with van der Waals surface area (Å²) in [5.74, 6) is 0.389. The maximum Gasteiger partial charge on any atom is 0.244 e. The molecule has 0 aliphatic carbocycles. The lowest BCUT2D eigenvalue weighted by Crippen LogP contribution is -2.40. The van der Waals surface area contributed by atoms with Gasteiger partial charge in [0.05, 0.1) is 6.54 Å². The average molecular weight is 348 g/mol. The second-order valence-electron chi connectivity index (χ2n) is 7.41. The summed E-state index contributed by atoms with van der Waals surface area (Å²) in [6.07, 6.45) is 0. The van der Waals surface area contributed by atoms with Gasteiger partial charge in [0.15, 0.2) is 0 Å². The van der Waals surface area contributed by atoms with Crippen LogP contribution in [0.25, 0.3) is 0 Å². The van der Waals surface area contributed by atoms with E-state index in [-0.39, 0.29) is 18.4 Å². The molecular formula is C20H33N3O2. The van der Waals surface area contributed by atoms with Gasteiger partial charge in [0, 0.05) is 25.7 Å². The smallest absolute Gasteiger partial charge is 0.244 e. The van der Waals surface area contributed by atoms with Crippen molar-refractivity contribution in [3.05, 3.63) is 29.3 Å². The maximum absolute atomic E-state index is 12.6. The highest BCUT2D eigenvalue weighted by Crippen LogP contribution is 2.32. The van der Waals surface area contributed by atoms with Crippen LogP contribution in [-0.2, 0) is 9.59 Å². The molecule has 0 unspecified atom stereocenters. The van der Waals surface area contributed by atoms with Crippen molar-refractivity contribution in [2.24, 2.45) is 0 Å². The summed E-state index contributed by atoms with van der Waals surface area (Å²) in [5.41, 5.74) is 3.15. The lowest BCUT2D eigenvalue weighted by atomic mass is 9.92. The number of amides is 2. The minimum absolute atomic E-state index is 0.0765. The minimum Gasteiger partial charge on any atom is -0.332 e. The largest absolute Gasteiger partial charge is 0.332 e. The highest BCUT2D eigenvalue weighted by molar-refractivity contribution is 5.95. The van der Waals surface area contributed by atoms with Crippen molar-refractivity contribution in [1.29, 1.82) is 0 Å². The fraction of sp³-hybridized carbons (Fsp3) is 0.600. The topological polar surface area (TPSA) is 52.7 Å². The van der Waals surface area contributed by atoms with E-state index in [0.717, 1.165) is 23.4 Å². The van der Waals surface area contributed by atoms with E-state index >= 15 is 0 Å². The van der Waals surface area contributed by atoms with Crippen LogP contribution in [0.15, 0.2) is 18.2 Å². The molecule has 1 aromatic rings. The molecule has 0 aromatic heterocycles. The Hall–Kier alpha value is -1.88. The molecule has 0 saturated heterocycles. The quantitative estimate of drug-likeness (QED) is 0.785. The highest BCUT2D eigenvalue weighted by atomic mass is 16.2. The van der Waals surface area contributed by atoms with Crippen molar-refractivity contribution in [3.8, 4) is 0 Å². The number of hydrogen-bond acceptors (Lipinski definition) is 3. The van der Waals surface area contributed by atoms with Crippen LogP contribution in [0.4, 0.5) is 5.69 Å². The Balaban J connectivity index is 2.96. The summed E-state index contributed by atoms with van der Waals surface area (Å²) in [5, 5.41) is 3.07. The fourth-order valence-corrected chi connectivity index (χ4v) is 2.72. The number of anilines is 1. The molecule has 140 valence electrons. The first kappa shape index (κ1) is 21.2. The first-order valence-electron chi connectivity index (χ1n) is 8.96. The molecule has 1 N–H and O–H groups in total. The number of rotatable bonds is 8. The summed E-state index contributed by atoms with van der Waals surface area (Å²) in [7, 11) is 3.90. The number of para-hydroxylation sites is 1. The number of likely N-dealkylation sites (N-methyl/N-ethyl adjacent to an activating group) is 1. The van der Waals surface area contributed by atoms with Gasteiger partial charge in [-0.15, -0.1) is 0 Å². The second kappa shape index (κ2) is 9.56. The van der Waals surface area contributed by atoms with E-state index in [1.807, 2.05) is 25.1 Å². The summed E-state index contributed by atoms with van der Waals surface area (Å²) in [4.78, 5) is 28.0. The molecule has 0 bridgehead atoms. The zero-order chi connectivity index (χ0) is 19.1. The van der Waals surface area contributed by atoms with E-state index in [0.29, 0.717) is 18.4 Å². The zero-order valence-electron chi connectivity index (χ0n) is 16.7. The molecule has 0 heterocycles. The number of benzene rings is 1. The van der Waals surface area contributed by atoms with E-state index in [1.54, 1.807) is 4.90 Å². The Morgan fingerprint density at radius 2 is 1.52 bits per heavy atom. The van der Waals surface area contributed by atoms with Crippen LogP contribution in [-0.4, -0.2) is 55.3 Å².